The highest BCUT2D eigenvalue weighted by atomic mass is 35.5. The van der Waals surface area contributed by atoms with Crippen molar-refractivity contribution in [3.05, 3.63) is 41.0 Å². The van der Waals surface area contributed by atoms with Crippen molar-refractivity contribution in [3.8, 4) is 17.0 Å². The Kier molecular flexibility index (Phi) is 6.05. The Labute approximate surface area is 148 Å². The fourth-order valence-electron chi connectivity index (χ4n) is 3.21. The molecule has 2 heterocycles. The van der Waals surface area contributed by atoms with Gasteiger partial charge < -0.3 is 10.1 Å². The maximum atomic E-state index is 5.91. The summed E-state index contributed by atoms with van der Waals surface area (Å²) >= 11 is 5.79. The molecule has 1 N–H and O–H groups in total. The van der Waals surface area contributed by atoms with Crippen LogP contribution in [0.4, 0.5) is 0 Å². The lowest BCUT2D eigenvalue weighted by Crippen LogP contribution is -2.29. The SMILES string of the molecule is Cc1cc(OCCCC2CCCNC2)ccc1-c1ccc(Cl)nn1. The minimum atomic E-state index is 0.407. The molecule has 3 rings (SSSR count). The van der Waals surface area contributed by atoms with Gasteiger partial charge in [-0.25, -0.2) is 0 Å². The molecule has 2 aromatic rings. The lowest BCUT2D eigenvalue weighted by molar-refractivity contribution is 0.275. The molecular formula is C19H24ClN3O. The molecule has 0 bridgehead atoms. The molecule has 1 atom stereocenters. The highest BCUT2D eigenvalue weighted by Gasteiger charge is 2.12. The number of piperidine rings is 1. The van der Waals surface area contributed by atoms with Gasteiger partial charge in [0.05, 0.1) is 12.3 Å². The summed E-state index contributed by atoms with van der Waals surface area (Å²) in [7, 11) is 0. The third kappa shape index (κ3) is 4.68. The molecule has 5 heteroatoms. The predicted molar refractivity (Wildman–Crippen MR) is 97.5 cm³/mol. The smallest absolute Gasteiger partial charge is 0.151 e. The molecule has 4 nitrogen and oxygen atoms in total. The van der Waals surface area contributed by atoms with Crippen molar-refractivity contribution in [2.75, 3.05) is 19.7 Å². The zero-order valence-corrected chi connectivity index (χ0v) is 14.9. The summed E-state index contributed by atoms with van der Waals surface area (Å²) in [6, 6.07) is 9.74. The third-order valence-electron chi connectivity index (χ3n) is 4.53. The molecule has 0 saturated carbocycles. The quantitative estimate of drug-likeness (QED) is 0.794. The molecule has 1 aromatic heterocycles. The second-order valence-electron chi connectivity index (χ2n) is 6.42. The van der Waals surface area contributed by atoms with E-state index in [1.165, 1.54) is 25.8 Å². The molecule has 0 radical (unpaired) electrons. The Hall–Kier alpha value is -1.65. The second-order valence-corrected chi connectivity index (χ2v) is 6.81. The topological polar surface area (TPSA) is 47.0 Å². The minimum absolute atomic E-state index is 0.407. The van der Waals surface area contributed by atoms with Crippen molar-refractivity contribution in [1.29, 1.82) is 0 Å². The number of halogens is 1. The molecule has 1 unspecified atom stereocenters. The van der Waals surface area contributed by atoms with Crippen molar-refractivity contribution >= 4 is 11.6 Å². The van der Waals surface area contributed by atoms with Gasteiger partial charge in [0.15, 0.2) is 5.15 Å². The molecule has 1 saturated heterocycles. The fraction of sp³-hybridized carbons (Fsp3) is 0.474. The van der Waals surface area contributed by atoms with Crippen LogP contribution in [0.25, 0.3) is 11.3 Å². The zero-order chi connectivity index (χ0) is 16.8. The van der Waals surface area contributed by atoms with E-state index < -0.39 is 0 Å². The van der Waals surface area contributed by atoms with Gasteiger partial charge >= 0.3 is 0 Å². The number of ether oxygens (including phenoxy) is 1. The molecular weight excluding hydrogens is 322 g/mol. The first-order valence-electron chi connectivity index (χ1n) is 8.66. The van der Waals surface area contributed by atoms with Crippen molar-refractivity contribution in [3.63, 3.8) is 0 Å². The molecule has 1 aliphatic heterocycles. The van der Waals surface area contributed by atoms with Gasteiger partial charge in [-0.05, 0) is 87.5 Å². The number of hydrogen-bond acceptors (Lipinski definition) is 4. The summed E-state index contributed by atoms with van der Waals surface area (Å²) < 4.78 is 5.91. The average molecular weight is 346 g/mol. The van der Waals surface area contributed by atoms with Crippen molar-refractivity contribution in [2.24, 2.45) is 5.92 Å². The van der Waals surface area contributed by atoms with Crippen LogP contribution >= 0.6 is 11.6 Å². The number of hydrogen-bond donors (Lipinski definition) is 1. The third-order valence-corrected chi connectivity index (χ3v) is 4.73. The Morgan fingerprint density at radius 3 is 2.88 bits per heavy atom. The highest BCUT2D eigenvalue weighted by molar-refractivity contribution is 6.29. The van der Waals surface area contributed by atoms with Crippen LogP contribution in [0.5, 0.6) is 5.75 Å². The standard InChI is InChI=1S/C19H24ClN3O/c1-14-12-16(24-11-3-5-15-4-2-10-21-13-15)6-7-17(14)18-8-9-19(20)23-22-18/h6-9,12,15,21H,2-5,10-11,13H2,1H3. The molecule has 128 valence electrons. The maximum Gasteiger partial charge on any atom is 0.151 e. The van der Waals surface area contributed by atoms with Gasteiger partial charge in [-0.3, -0.25) is 0 Å². The Morgan fingerprint density at radius 2 is 2.17 bits per heavy atom. The molecule has 24 heavy (non-hydrogen) atoms. The summed E-state index contributed by atoms with van der Waals surface area (Å²) in [6.45, 7) is 5.18. The number of benzene rings is 1. The van der Waals surface area contributed by atoms with E-state index in [1.54, 1.807) is 6.07 Å². The number of nitrogens with zero attached hydrogens (tertiary/aromatic N) is 2. The summed E-state index contributed by atoms with van der Waals surface area (Å²) in [5.41, 5.74) is 3.01. The van der Waals surface area contributed by atoms with Crippen LogP contribution in [0.2, 0.25) is 5.15 Å². The van der Waals surface area contributed by atoms with E-state index in [0.717, 1.165) is 48.1 Å². The number of aryl methyl sites for hydroxylation is 1. The van der Waals surface area contributed by atoms with Crippen LogP contribution in [0.3, 0.4) is 0 Å². The predicted octanol–water partition coefficient (Wildman–Crippen LogP) is 4.26. The Morgan fingerprint density at radius 1 is 1.25 bits per heavy atom. The lowest BCUT2D eigenvalue weighted by atomic mass is 9.95. The lowest BCUT2D eigenvalue weighted by Gasteiger charge is -2.22. The second kappa shape index (κ2) is 8.45. The average Bonchev–Trinajstić information content (AvgIpc) is 2.61. The minimum Gasteiger partial charge on any atom is -0.494 e. The molecule has 0 spiro atoms. The Balaban J connectivity index is 1.51. The van der Waals surface area contributed by atoms with E-state index in [4.69, 9.17) is 16.3 Å². The first kappa shape index (κ1) is 17.2. The molecule has 1 fully saturated rings. The summed E-state index contributed by atoms with van der Waals surface area (Å²) in [5, 5.41) is 11.9. The monoisotopic (exact) mass is 345 g/mol. The highest BCUT2D eigenvalue weighted by Crippen LogP contribution is 2.26. The first-order chi connectivity index (χ1) is 11.7. The van der Waals surface area contributed by atoms with E-state index in [0.29, 0.717) is 5.15 Å². The van der Waals surface area contributed by atoms with Crippen LogP contribution in [0.1, 0.15) is 31.2 Å². The fourth-order valence-corrected chi connectivity index (χ4v) is 3.31. The zero-order valence-electron chi connectivity index (χ0n) is 14.1. The normalized spacial score (nSPS) is 17.7. The number of aromatic nitrogens is 2. The Bertz CT molecular complexity index is 654. The van der Waals surface area contributed by atoms with E-state index in [1.807, 2.05) is 18.2 Å². The number of rotatable bonds is 6. The first-order valence-corrected chi connectivity index (χ1v) is 9.04. The van der Waals surface area contributed by atoms with Gasteiger partial charge in [0, 0.05) is 5.56 Å². The van der Waals surface area contributed by atoms with Gasteiger partial charge in [-0.2, -0.15) is 0 Å². The van der Waals surface area contributed by atoms with E-state index in [2.05, 4.69) is 28.5 Å². The van der Waals surface area contributed by atoms with Crippen molar-refractivity contribution in [2.45, 2.75) is 32.6 Å². The van der Waals surface area contributed by atoms with E-state index >= 15 is 0 Å². The van der Waals surface area contributed by atoms with Crippen LogP contribution < -0.4 is 10.1 Å². The van der Waals surface area contributed by atoms with Gasteiger partial charge in [0.25, 0.3) is 0 Å². The maximum absolute atomic E-state index is 5.91. The van der Waals surface area contributed by atoms with Gasteiger partial charge in [0.2, 0.25) is 0 Å². The van der Waals surface area contributed by atoms with E-state index in [9.17, 15) is 0 Å². The summed E-state index contributed by atoms with van der Waals surface area (Å²) in [6.07, 6.45) is 5.00. The van der Waals surface area contributed by atoms with E-state index in [-0.39, 0.29) is 0 Å². The van der Waals surface area contributed by atoms with Crippen LogP contribution in [-0.4, -0.2) is 29.9 Å². The van der Waals surface area contributed by atoms with Crippen LogP contribution in [-0.2, 0) is 0 Å². The van der Waals surface area contributed by atoms with Crippen LogP contribution in [0, 0.1) is 12.8 Å². The van der Waals surface area contributed by atoms with Crippen molar-refractivity contribution in [1.82, 2.24) is 15.5 Å². The largest absolute Gasteiger partial charge is 0.494 e. The summed E-state index contributed by atoms with van der Waals surface area (Å²) in [5.74, 6) is 1.73. The van der Waals surface area contributed by atoms with Crippen molar-refractivity contribution < 1.29 is 4.74 Å². The van der Waals surface area contributed by atoms with Crippen LogP contribution in [0.15, 0.2) is 30.3 Å². The molecule has 1 aromatic carbocycles. The summed E-state index contributed by atoms with van der Waals surface area (Å²) in [4.78, 5) is 0. The van der Waals surface area contributed by atoms with Gasteiger partial charge in [-0.1, -0.05) is 11.6 Å². The number of nitrogens with one attached hydrogen (secondary N) is 1. The molecule has 1 aliphatic rings. The molecule has 0 amide bonds. The van der Waals surface area contributed by atoms with Gasteiger partial charge in [-0.15, -0.1) is 10.2 Å². The van der Waals surface area contributed by atoms with Gasteiger partial charge in [0.1, 0.15) is 5.75 Å². The molecule has 0 aliphatic carbocycles.